The monoisotopic (exact) mass is 292 g/mol. The maximum atomic E-state index is 5.50. The van der Waals surface area contributed by atoms with Gasteiger partial charge < -0.3 is 0 Å². The maximum absolute atomic E-state index is 5.50. The summed E-state index contributed by atoms with van der Waals surface area (Å²) in [5.41, 5.74) is 1.14. The van der Waals surface area contributed by atoms with Gasteiger partial charge in [0.15, 0.2) is 0 Å². The van der Waals surface area contributed by atoms with Gasteiger partial charge >= 0.3 is 104 Å². The third kappa shape index (κ3) is 1.55. The van der Waals surface area contributed by atoms with E-state index in [1.54, 1.807) is 12.4 Å². The third-order valence-electron chi connectivity index (χ3n) is 2.39. The molecule has 0 aliphatic carbocycles. The van der Waals surface area contributed by atoms with Gasteiger partial charge in [-0.3, -0.25) is 0 Å². The summed E-state index contributed by atoms with van der Waals surface area (Å²) in [6.45, 7) is 0. The summed E-state index contributed by atoms with van der Waals surface area (Å²) in [5, 5.41) is 1.20. The first-order chi connectivity index (χ1) is 7.86. The van der Waals surface area contributed by atoms with Gasteiger partial charge in [-0.15, -0.1) is 0 Å². The summed E-state index contributed by atoms with van der Waals surface area (Å²) in [6, 6.07) is 12.4. The van der Waals surface area contributed by atoms with Gasteiger partial charge in [-0.05, 0) is 0 Å². The second-order valence-electron chi connectivity index (χ2n) is 3.39. The summed E-state index contributed by atoms with van der Waals surface area (Å²) in [4.78, 5) is 4.03. The third-order valence-corrected chi connectivity index (χ3v) is 5.42. The van der Waals surface area contributed by atoms with E-state index in [0.717, 1.165) is 10.3 Å². The molecule has 0 atom stereocenters. The number of aromatic nitrogens is 2. The van der Waals surface area contributed by atoms with Crippen molar-refractivity contribution in [2.24, 2.45) is 0 Å². The first kappa shape index (κ1) is 9.97. The van der Waals surface area contributed by atoms with Crippen molar-refractivity contribution in [2.75, 3.05) is 0 Å². The zero-order chi connectivity index (χ0) is 11.0. The van der Waals surface area contributed by atoms with Crippen molar-refractivity contribution in [3.63, 3.8) is 0 Å². The molecule has 0 aliphatic rings. The second kappa shape index (κ2) is 3.98. The molecule has 0 N–H and O–H groups in total. The normalized spacial score (nSPS) is 10.8. The van der Waals surface area contributed by atoms with Gasteiger partial charge in [-0.25, -0.2) is 0 Å². The van der Waals surface area contributed by atoms with E-state index < -0.39 is 0 Å². The van der Waals surface area contributed by atoms with E-state index in [1.807, 2.05) is 18.2 Å². The van der Waals surface area contributed by atoms with Crippen LogP contribution in [0.3, 0.4) is 0 Å². The Morgan fingerprint density at radius 3 is 2.56 bits per heavy atom. The van der Waals surface area contributed by atoms with Crippen LogP contribution in [0.5, 0.6) is 0 Å². The Kier molecular flexibility index (Phi) is 2.48. The van der Waals surface area contributed by atoms with Crippen LogP contribution in [0, 0.1) is 4.64 Å². The van der Waals surface area contributed by atoms with Crippen LogP contribution in [-0.2, 0) is 0 Å². The van der Waals surface area contributed by atoms with Crippen LogP contribution in [0.2, 0.25) is 0 Å². The molecule has 2 aromatic heterocycles. The molecule has 0 aliphatic heterocycles. The molecule has 4 heteroatoms. The van der Waals surface area contributed by atoms with Gasteiger partial charge in [0, 0.05) is 0 Å². The molecule has 0 spiro atoms. The summed E-state index contributed by atoms with van der Waals surface area (Å²) in [5.74, 6) is 0. The van der Waals surface area contributed by atoms with Crippen molar-refractivity contribution in [3.05, 3.63) is 53.4 Å². The quantitative estimate of drug-likeness (QED) is 0.507. The molecule has 0 bridgehead atoms. The number of pyridine rings is 1. The van der Waals surface area contributed by atoms with Crippen LogP contribution >= 0.6 is 12.2 Å². The van der Waals surface area contributed by atoms with Crippen molar-refractivity contribution < 1.29 is 0 Å². The number of fused-ring (bicyclic) bond motifs is 1. The average Bonchev–Trinajstić information content (AvgIpc) is 2.69. The van der Waals surface area contributed by atoms with Gasteiger partial charge in [-0.1, -0.05) is 0 Å². The standard InChI is InChI=1S/C12H8N2SSe/c15-12-10-3-1-2-4-11(10)16-14(12)9-5-7-13-8-6-9/h1-8H. The molecular weight excluding hydrogens is 283 g/mol. The van der Waals surface area contributed by atoms with Crippen molar-refractivity contribution in [2.45, 2.75) is 0 Å². The molecule has 0 radical (unpaired) electrons. The average molecular weight is 291 g/mol. The Morgan fingerprint density at radius 1 is 1.06 bits per heavy atom. The minimum atomic E-state index is 0.259. The van der Waals surface area contributed by atoms with Crippen LogP contribution in [0.15, 0.2) is 48.8 Å². The minimum absolute atomic E-state index is 0.259. The van der Waals surface area contributed by atoms with E-state index in [2.05, 4.69) is 26.7 Å². The topological polar surface area (TPSA) is 17.8 Å². The van der Waals surface area contributed by atoms with Gasteiger partial charge in [0.2, 0.25) is 0 Å². The predicted molar refractivity (Wildman–Crippen MR) is 68.8 cm³/mol. The molecule has 0 fully saturated rings. The Morgan fingerprint density at radius 2 is 1.81 bits per heavy atom. The molecule has 16 heavy (non-hydrogen) atoms. The van der Waals surface area contributed by atoms with Crippen LogP contribution < -0.4 is 0 Å². The number of hydrogen-bond donors (Lipinski definition) is 0. The molecule has 0 saturated heterocycles. The molecule has 0 saturated carbocycles. The Bertz CT molecular complexity index is 685. The van der Waals surface area contributed by atoms with E-state index in [1.165, 1.54) is 9.65 Å². The SMILES string of the molecule is S=c1c2ccccc2[se]n1-c1ccncc1. The zero-order valence-corrected chi connectivity index (χ0v) is 10.9. The van der Waals surface area contributed by atoms with Gasteiger partial charge in [-0.2, -0.15) is 0 Å². The van der Waals surface area contributed by atoms with E-state index in [0.29, 0.717) is 0 Å². The molecule has 3 rings (SSSR count). The van der Waals surface area contributed by atoms with Crippen molar-refractivity contribution in [3.8, 4) is 5.69 Å². The molecule has 2 heterocycles. The fourth-order valence-electron chi connectivity index (χ4n) is 1.62. The van der Waals surface area contributed by atoms with Gasteiger partial charge in [0.25, 0.3) is 0 Å². The molecule has 1 aromatic carbocycles. The molecular formula is C12H8N2SSe. The number of benzene rings is 1. The first-order valence-electron chi connectivity index (χ1n) is 4.88. The first-order valence-corrected chi connectivity index (χ1v) is 6.91. The number of hydrogen-bond acceptors (Lipinski definition) is 2. The Hall–Kier alpha value is -1.22. The van der Waals surface area contributed by atoms with Crippen LogP contribution in [-0.4, -0.2) is 23.3 Å². The fourth-order valence-corrected chi connectivity index (χ4v) is 4.36. The van der Waals surface area contributed by atoms with E-state index in [9.17, 15) is 0 Å². The Labute approximate surface area is 104 Å². The molecule has 3 aromatic rings. The van der Waals surface area contributed by atoms with Crippen molar-refractivity contribution in [1.82, 2.24) is 8.55 Å². The summed E-state index contributed by atoms with van der Waals surface area (Å²) >= 11 is 5.76. The summed E-state index contributed by atoms with van der Waals surface area (Å²) < 4.78 is 4.49. The van der Waals surface area contributed by atoms with Crippen molar-refractivity contribution >= 4 is 36.6 Å². The van der Waals surface area contributed by atoms with Gasteiger partial charge in [0.05, 0.1) is 0 Å². The number of nitrogens with zero attached hydrogens (tertiary/aromatic N) is 2. The molecule has 0 unspecified atom stereocenters. The second-order valence-corrected chi connectivity index (χ2v) is 5.85. The zero-order valence-electron chi connectivity index (χ0n) is 8.33. The van der Waals surface area contributed by atoms with E-state index in [-0.39, 0.29) is 14.7 Å². The fraction of sp³-hybridized carbons (Fsp3) is 0. The van der Waals surface area contributed by atoms with Crippen LogP contribution in [0.4, 0.5) is 0 Å². The van der Waals surface area contributed by atoms with E-state index in [4.69, 9.17) is 12.2 Å². The summed E-state index contributed by atoms with van der Waals surface area (Å²) in [6.07, 6.45) is 3.61. The van der Waals surface area contributed by atoms with Gasteiger partial charge in [0.1, 0.15) is 0 Å². The Balaban J connectivity index is 2.34. The molecule has 78 valence electrons. The predicted octanol–water partition coefficient (Wildman–Crippen LogP) is 2.81. The van der Waals surface area contributed by atoms with E-state index >= 15 is 0 Å². The summed E-state index contributed by atoms with van der Waals surface area (Å²) in [7, 11) is 0. The molecule has 2 nitrogen and oxygen atoms in total. The van der Waals surface area contributed by atoms with Crippen LogP contribution in [0.1, 0.15) is 0 Å². The van der Waals surface area contributed by atoms with Crippen molar-refractivity contribution in [1.29, 1.82) is 0 Å². The number of rotatable bonds is 1. The van der Waals surface area contributed by atoms with Crippen LogP contribution in [0.25, 0.3) is 15.3 Å². The molecule has 0 amide bonds.